The number of carbonyl (C=O) groups is 2. The minimum Gasteiger partial charge on any atom is -0.372 e. The number of nitrogens with zero attached hydrogens (tertiary/aromatic N) is 1. The van der Waals surface area contributed by atoms with Crippen molar-refractivity contribution in [1.29, 1.82) is 0 Å². The van der Waals surface area contributed by atoms with Crippen LogP contribution < -0.4 is 10.4 Å². The van der Waals surface area contributed by atoms with Gasteiger partial charge in [-0.25, -0.2) is 13.8 Å². The Morgan fingerprint density at radius 2 is 1.28 bits per heavy atom. The molecule has 0 aromatic heterocycles. The van der Waals surface area contributed by atoms with Crippen LogP contribution in [0.1, 0.15) is 18.1 Å². The van der Waals surface area contributed by atoms with Gasteiger partial charge in [0.2, 0.25) is 5.91 Å². The van der Waals surface area contributed by atoms with Crippen LogP contribution in [0.5, 0.6) is 0 Å². The van der Waals surface area contributed by atoms with Gasteiger partial charge in [-0.1, -0.05) is 42.5 Å². The smallest absolute Gasteiger partial charge is 0.280 e. The third-order valence-electron chi connectivity index (χ3n) is 4.40. The molecule has 0 radical (unpaired) electrons. The van der Waals surface area contributed by atoms with E-state index in [9.17, 15) is 23.5 Å². The number of amides is 2. The highest BCUT2D eigenvalue weighted by Crippen LogP contribution is 2.31. The second kappa shape index (κ2) is 8.20. The van der Waals surface area contributed by atoms with Gasteiger partial charge in [0.05, 0.1) is 5.69 Å². The van der Waals surface area contributed by atoms with Gasteiger partial charge >= 0.3 is 0 Å². The van der Waals surface area contributed by atoms with E-state index in [1.54, 1.807) is 30.3 Å². The van der Waals surface area contributed by atoms with Crippen molar-refractivity contribution in [2.75, 3.05) is 5.01 Å². The Labute approximate surface area is 166 Å². The van der Waals surface area contributed by atoms with E-state index in [4.69, 9.17) is 0 Å². The summed E-state index contributed by atoms with van der Waals surface area (Å²) in [6.45, 7) is 1.25. The molecule has 0 bridgehead atoms. The molecular weight excluding hydrogens is 378 g/mol. The molecule has 3 aromatic carbocycles. The summed E-state index contributed by atoms with van der Waals surface area (Å²) in [4.78, 5) is 25.3. The van der Waals surface area contributed by atoms with Crippen molar-refractivity contribution >= 4 is 17.5 Å². The quantitative estimate of drug-likeness (QED) is 0.665. The SMILES string of the molecule is CC(=O)N(NC(=O)C(O)(c1ccc(F)cc1)c1ccc(F)cc1)c1ccccc1. The number of para-hydroxylation sites is 1. The summed E-state index contributed by atoms with van der Waals surface area (Å²) < 4.78 is 26.8. The molecule has 3 aromatic rings. The summed E-state index contributed by atoms with van der Waals surface area (Å²) in [5.41, 5.74) is 0.599. The topological polar surface area (TPSA) is 69.6 Å². The van der Waals surface area contributed by atoms with Crippen molar-refractivity contribution in [3.63, 3.8) is 0 Å². The lowest BCUT2D eigenvalue weighted by atomic mass is 9.85. The number of hydrogen-bond donors (Lipinski definition) is 2. The highest BCUT2D eigenvalue weighted by molar-refractivity contribution is 5.98. The average molecular weight is 396 g/mol. The molecule has 3 rings (SSSR count). The molecule has 5 nitrogen and oxygen atoms in total. The molecule has 2 N–H and O–H groups in total. The van der Waals surface area contributed by atoms with E-state index in [2.05, 4.69) is 5.43 Å². The van der Waals surface area contributed by atoms with Crippen LogP contribution >= 0.6 is 0 Å². The summed E-state index contributed by atoms with van der Waals surface area (Å²) in [7, 11) is 0. The van der Waals surface area contributed by atoms with E-state index in [-0.39, 0.29) is 11.1 Å². The third-order valence-corrected chi connectivity index (χ3v) is 4.40. The van der Waals surface area contributed by atoms with Gasteiger partial charge < -0.3 is 5.11 Å². The normalized spacial score (nSPS) is 11.0. The molecule has 0 spiro atoms. The Morgan fingerprint density at radius 1 is 0.828 bits per heavy atom. The third kappa shape index (κ3) is 4.14. The number of carbonyl (C=O) groups excluding carboxylic acids is 2. The van der Waals surface area contributed by atoms with Crippen LogP contribution in [0.25, 0.3) is 0 Å². The van der Waals surface area contributed by atoms with Gasteiger partial charge in [-0.05, 0) is 47.5 Å². The van der Waals surface area contributed by atoms with Gasteiger partial charge in [0, 0.05) is 6.92 Å². The summed E-state index contributed by atoms with van der Waals surface area (Å²) in [6.07, 6.45) is 0. The molecule has 0 saturated heterocycles. The van der Waals surface area contributed by atoms with Gasteiger partial charge in [0.15, 0.2) is 5.60 Å². The second-order valence-corrected chi connectivity index (χ2v) is 6.36. The maximum absolute atomic E-state index is 13.4. The molecule has 0 atom stereocenters. The largest absolute Gasteiger partial charge is 0.372 e. The Hall–Kier alpha value is -3.58. The first-order valence-electron chi connectivity index (χ1n) is 8.73. The van der Waals surface area contributed by atoms with Crippen LogP contribution in [0.3, 0.4) is 0 Å². The van der Waals surface area contributed by atoms with E-state index in [1.165, 1.54) is 31.2 Å². The Kier molecular flexibility index (Phi) is 5.70. The number of anilines is 1. The zero-order valence-electron chi connectivity index (χ0n) is 15.5. The summed E-state index contributed by atoms with van der Waals surface area (Å²) in [5.74, 6) is -2.56. The number of halogens is 2. The summed E-state index contributed by atoms with van der Waals surface area (Å²) in [6, 6.07) is 17.7. The monoisotopic (exact) mass is 396 g/mol. The van der Waals surface area contributed by atoms with E-state index < -0.39 is 29.0 Å². The standard InChI is InChI=1S/C22H18F2N2O3/c1-15(27)26(20-5-3-2-4-6-20)25-21(28)22(29,16-7-11-18(23)12-8-16)17-9-13-19(24)14-10-17/h2-14,29H,1H3,(H,25,28). The minimum absolute atomic E-state index is 0.0552. The van der Waals surface area contributed by atoms with Gasteiger partial charge in [0.1, 0.15) is 11.6 Å². The zero-order chi connectivity index (χ0) is 21.0. The van der Waals surface area contributed by atoms with Crippen LogP contribution in [0.4, 0.5) is 14.5 Å². The fourth-order valence-corrected chi connectivity index (χ4v) is 2.90. The van der Waals surface area contributed by atoms with Crippen LogP contribution in [-0.2, 0) is 15.2 Å². The number of nitrogens with one attached hydrogen (secondary N) is 1. The number of hydrogen-bond acceptors (Lipinski definition) is 3. The van der Waals surface area contributed by atoms with E-state index >= 15 is 0 Å². The molecule has 0 aliphatic carbocycles. The predicted molar refractivity (Wildman–Crippen MR) is 104 cm³/mol. The van der Waals surface area contributed by atoms with Gasteiger partial charge in [-0.2, -0.15) is 0 Å². The van der Waals surface area contributed by atoms with Crippen molar-refractivity contribution < 1.29 is 23.5 Å². The average Bonchev–Trinajstić information content (AvgIpc) is 2.72. The van der Waals surface area contributed by atoms with Gasteiger partial charge in [0.25, 0.3) is 5.91 Å². The number of rotatable bonds is 4. The predicted octanol–water partition coefficient (Wildman–Crippen LogP) is 3.29. The minimum atomic E-state index is -2.30. The van der Waals surface area contributed by atoms with Crippen LogP contribution in [-0.4, -0.2) is 16.9 Å². The first kappa shape index (κ1) is 20.2. The van der Waals surface area contributed by atoms with Gasteiger partial charge in [-0.15, -0.1) is 0 Å². The van der Waals surface area contributed by atoms with Crippen molar-refractivity contribution in [1.82, 2.24) is 5.43 Å². The Bertz CT molecular complexity index is 961. The van der Waals surface area contributed by atoms with Crippen LogP contribution in [0, 0.1) is 11.6 Å². The van der Waals surface area contributed by atoms with Crippen LogP contribution in [0.15, 0.2) is 78.9 Å². The molecular formula is C22H18F2N2O3. The Balaban J connectivity index is 2.05. The molecule has 2 amide bonds. The maximum Gasteiger partial charge on any atom is 0.280 e. The van der Waals surface area contributed by atoms with E-state index in [0.717, 1.165) is 29.3 Å². The lowest BCUT2D eigenvalue weighted by molar-refractivity contribution is -0.138. The Morgan fingerprint density at radius 3 is 1.69 bits per heavy atom. The van der Waals surface area contributed by atoms with Crippen molar-refractivity contribution in [2.24, 2.45) is 0 Å². The van der Waals surface area contributed by atoms with Crippen molar-refractivity contribution in [3.05, 3.63) is 102 Å². The summed E-state index contributed by atoms with van der Waals surface area (Å²) in [5, 5.41) is 12.4. The molecule has 7 heteroatoms. The molecule has 0 fully saturated rings. The van der Waals surface area contributed by atoms with E-state index in [1.807, 2.05) is 0 Å². The maximum atomic E-state index is 13.4. The molecule has 0 unspecified atom stereocenters. The first-order valence-corrected chi connectivity index (χ1v) is 8.73. The number of aliphatic hydroxyl groups is 1. The van der Waals surface area contributed by atoms with Crippen molar-refractivity contribution in [2.45, 2.75) is 12.5 Å². The number of hydrazine groups is 1. The lowest BCUT2D eigenvalue weighted by Gasteiger charge is -2.31. The molecule has 0 aliphatic rings. The van der Waals surface area contributed by atoms with Crippen LogP contribution in [0.2, 0.25) is 0 Å². The molecule has 148 valence electrons. The second-order valence-electron chi connectivity index (χ2n) is 6.36. The van der Waals surface area contributed by atoms with E-state index in [0.29, 0.717) is 5.69 Å². The fraction of sp³-hybridized carbons (Fsp3) is 0.0909. The molecule has 0 aliphatic heterocycles. The molecule has 29 heavy (non-hydrogen) atoms. The highest BCUT2D eigenvalue weighted by atomic mass is 19.1. The van der Waals surface area contributed by atoms with Gasteiger partial charge in [-0.3, -0.25) is 15.0 Å². The molecule has 0 saturated carbocycles. The number of benzene rings is 3. The lowest BCUT2D eigenvalue weighted by Crippen LogP contribution is -2.54. The molecule has 0 heterocycles. The first-order chi connectivity index (χ1) is 13.8. The van der Waals surface area contributed by atoms with Crippen molar-refractivity contribution in [3.8, 4) is 0 Å². The summed E-state index contributed by atoms with van der Waals surface area (Å²) >= 11 is 0. The highest BCUT2D eigenvalue weighted by Gasteiger charge is 2.41. The fourth-order valence-electron chi connectivity index (χ4n) is 2.90. The zero-order valence-corrected chi connectivity index (χ0v) is 15.5.